The smallest absolute Gasteiger partial charge is 0.264 e. The molecule has 31 heavy (non-hydrogen) atoms. The van der Waals surface area contributed by atoms with Gasteiger partial charge in [-0.05, 0) is 86.3 Å². The number of nitrogens with zero attached hydrogens (tertiary/aromatic N) is 1. The molecule has 3 aromatic carbocycles. The summed E-state index contributed by atoms with van der Waals surface area (Å²) in [6.07, 6.45) is 0. The summed E-state index contributed by atoms with van der Waals surface area (Å²) in [5.41, 5.74) is 5.60. The number of hydrogen-bond donors (Lipinski definition) is 1. The Balaban J connectivity index is 1.75. The molecule has 0 fully saturated rings. The lowest BCUT2D eigenvalue weighted by Gasteiger charge is -2.20. The number of hydrogen-bond acceptors (Lipinski definition) is 3. The Kier molecular flexibility index (Phi) is 6.51. The van der Waals surface area contributed by atoms with Crippen molar-refractivity contribution in [1.29, 1.82) is 0 Å². The van der Waals surface area contributed by atoms with Gasteiger partial charge in [-0.1, -0.05) is 30.3 Å². The zero-order valence-electron chi connectivity index (χ0n) is 18.5. The van der Waals surface area contributed by atoms with E-state index in [0.717, 1.165) is 11.1 Å². The molecular formula is C25H28N2O3S. The Labute approximate surface area is 184 Å². The highest BCUT2D eigenvalue weighted by atomic mass is 32.2. The summed E-state index contributed by atoms with van der Waals surface area (Å²) >= 11 is 0. The molecule has 5 nitrogen and oxygen atoms in total. The van der Waals surface area contributed by atoms with E-state index in [-0.39, 0.29) is 16.8 Å². The number of amides is 1. The molecule has 0 unspecified atom stereocenters. The SMILES string of the molecule is Cc1cc(C)c([C@@H](C)NC(=O)c2ccc(N(C)S(=O)(=O)c3ccccc3)cc2)cc1C. The second-order valence-electron chi connectivity index (χ2n) is 7.82. The van der Waals surface area contributed by atoms with E-state index in [9.17, 15) is 13.2 Å². The topological polar surface area (TPSA) is 66.5 Å². The fourth-order valence-electron chi connectivity index (χ4n) is 3.52. The highest BCUT2D eigenvalue weighted by Crippen LogP contribution is 2.24. The summed E-state index contributed by atoms with van der Waals surface area (Å²) in [7, 11) is -2.16. The van der Waals surface area contributed by atoms with Crippen LogP contribution in [0.3, 0.4) is 0 Å². The zero-order chi connectivity index (χ0) is 22.8. The van der Waals surface area contributed by atoms with Gasteiger partial charge in [0.1, 0.15) is 0 Å². The number of benzene rings is 3. The van der Waals surface area contributed by atoms with Crippen LogP contribution in [0.4, 0.5) is 5.69 Å². The van der Waals surface area contributed by atoms with E-state index in [1.807, 2.05) is 13.8 Å². The second-order valence-corrected chi connectivity index (χ2v) is 9.79. The number of carbonyl (C=O) groups is 1. The average molecular weight is 437 g/mol. The highest BCUT2D eigenvalue weighted by Gasteiger charge is 2.21. The third kappa shape index (κ3) is 4.80. The number of carbonyl (C=O) groups excluding carboxylic acids is 1. The number of aryl methyl sites for hydroxylation is 3. The van der Waals surface area contributed by atoms with E-state index >= 15 is 0 Å². The predicted octanol–water partition coefficient (Wildman–Crippen LogP) is 4.93. The molecule has 1 amide bonds. The lowest BCUT2D eigenvalue weighted by Crippen LogP contribution is -2.28. The van der Waals surface area contributed by atoms with Crippen molar-refractivity contribution in [2.45, 2.75) is 38.6 Å². The molecule has 0 radical (unpaired) electrons. The molecule has 0 bridgehead atoms. The minimum atomic E-state index is -3.66. The third-order valence-electron chi connectivity index (χ3n) is 5.59. The molecular weight excluding hydrogens is 408 g/mol. The van der Waals surface area contributed by atoms with Crippen LogP contribution in [-0.4, -0.2) is 21.4 Å². The summed E-state index contributed by atoms with van der Waals surface area (Å²) in [6.45, 7) is 8.14. The van der Waals surface area contributed by atoms with E-state index in [1.165, 1.54) is 22.5 Å². The molecule has 0 saturated heterocycles. The van der Waals surface area contributed by atoms with Crippen molar-refractivity contribution < 1.29 is 13.2 Å². The van der Waals surface area contributed by atoms with Crippen molar-refractivity contribution in [3.63, 3.8) is 0 Å². The Morgan fingerprint density at radius 3 is 2.06 bits per heavy atom. The van der Waals surface area contributed by atoms with Crippen LogP contribution < -0.4 is 9.62 Å². The fraction of sp³-hybridized carbons (Fsp3) is 0.240. The van der Waals surface area contributed by atoms with Crippen LogP contribution in [0.2, 0.25) is 0 Å². The van der Waals surface area contributed by atoms with Gasteiger partial charge in [0.05, 0.1) is 16.6 Å². The van der Waals surface area contributed by atoms with Gasteiger partial charge in [-0.15, -0.1) is 0 Å². The monoisotopic (exact) mass is 436 g/mol. The maximum absolute atomic E-state index is 12.8. The first kappa shape index (κ1) is 22.6. The van der Waals surface area contributed by atoms with E-state index in [2.05, 4.69) is 31.3 Å². The van der Waals surface area contributed by atoms with Gasteiger partial charge in [-0.25, -0.2) is 8.42 Å². The Hall–Kier alpha value is -3.12. The maximum Gasteiger partial charge on any atom is 0.264 e. The minimum absolute atomic E-state index is 0.146. The first-order valence-corrected chi connectivity index (χ1v) is 11.6. The Morgan fingerprint density at radius 2 is 1.45 bits per heavy atom. The molecule has 0 saturated carbocycles. The molecule has 0 aromatic heterocycles. The number of nitrogens with one attached hydrogen (secondary N) is 1. The van der Waals surface area contributed by atoms with Crippen molar-refractivity contribution in [1.82, 2.24) is 5.32 Å². The van der Waals surface area contributed by atoms with Crippen LogP contribution in [0, 0.1) is 20.8 Å². The summed E-state index contributed by atoms with van der Waals surface area (Å²) in [6, 6.07) is 18.9. The second kappa shape index (κ2) is 8.94. The van der Waals surface area contributed by atoms with Crippen molar-refractivity contribution in [3.8, 4) is 0 Å². The molecule has 0 aliphatic heterocycles. The van der Waals surface area contributed by atoms with Crippen molar-refractivity contribution in [2.24, 2.45) is 0 Å². The van der Waals surface area contributed by atoms with Crippen molar-refractivity contribution in [3.05, 3.63) is 94.5 Å². The van der Waals surface area contributed by atoms with Gasteiger partial charge in [0, 0.05) is 12.6 Å². The van der Waals surface area contributed by atoms with Crippen molar-refractivity contribution >= 4 is 21.6 Å². The molecule has 0 aliphatic carbocycles. The molecule has 3 aromatic rings. The average Bonchev–Trinajstić information content (AvgIpc) is 2.76. The van der Waals surface area contributed by atoms with E-state index in [4.69, 9.17) is 0 Å². The molecule has 3 rings (SSSR count). The van der Waals surface area contributed by atoms with Gasteiger partial charge in [0.25, 0.3) is 15.9 Å². The molecule has 1 N–H and O–H groups in total. The Bertz CT molecular complexity index is 1190. The van der Waals surface area contributed by atoms with Crippen LogP contribution in [0.15, 0.2) is 71.6 Å². The number of anilines is 1. The van der Waals surface area contributed by atoms with E-state index in [1.54, 1.807) is 54.6 Å². The molecule has 0 heterocycles. The first-order chi connectivity index (χ1) is 14.6. The lowest BCUT2D eigenvalue weighted by molar-refractivity contribution is 0.0940. The number of rotatable bonds is 6. The van der Waals surface area contributed by atoms with Crippen molar-refractivity contribution in [2.75, 3.05) is 11.4 Å². The van der Waals surface area contributed by atoms with Gasteiger partial charge in [0.2, 0.25) is 0 Å². The zero-order valence-corrected chi connectivity index (χ0v) is 19.3. The van der Waals surface area contributed by atoms with Crippen LogP contribution in [0.1, 0.15) is 45.6 Å². The summed E-state index contributed by atoms with van der Waals surface area (Å²) in [5.74, 6) is -0.203. The molecule has 1 atom stereocenters. The molecule has 0 spiro atoms. The van der Waals surface area contributed by atoms with Crippen LogP contribution in [0.25, 0.3) is 0 Å². The van der Waals surface area contributed by atoms with Gasteiger partial charge in [-0.2, -0.15) is 0 Å². The highest BCUT2D eigenvalue weighted by molar-refractivity contribution is 7.92. The standard InChI is InChI=1S/C25H28N2O3S/c1-17-15-19(3)24(16-18(17)2)20(4)26-25(28)21-11-13-22(14-12-21)27(5)31(29,30)23-9-7-6-8-10-23/h6-16,20H,1-5H3,(H,26,28)/t20-/m1/s1. The molecule has 162 valence electrons. The lowest BCUT2D eigenvalue weighted by atomic mass is 9.96. The first-order valence-electron chi connectivity index (χ1n) is 10.1. The quantitative estimate of drug-likeness (QED) is 0.596. The van der Waals surface area contributed by atoms with Gasteiger partial charge in [0.15, 0.2) is 0 Å². The van der Waals surface area contributed by atoms with Crippen LogP contribution >= 0.6 is 0 Å². The van der Waals surface area contributed by atoms with Crippen LogP contribution in [-0.2, 0) is 10.0 Å². The largest absolute Gasteiger partial charge is 0.346 e. The van der Waals surface area contributed by atoms with E-state index < -0.39 is 10.0 Å². The minimum Gasteiger partial charge on any atom is -0.346 e. The Morgan fingerprint density at radius 1 is 0.871 bits per heavy atom. The van der Waals surface area contributed by atoms with Gasteiger partial charge in [-0.3, -0.25) is 9.10 Å². The van der Waals surface area contributed by atoms with Crippen LogP contribution in [0.5, 0.6) is 0 Å². The fourth-order valence-corrected chi connectivity index (χ4v) is 4.74. The molecule has 0 aliphatic rings. The normalized spacial score (nSPS) is 12.3. The molecule has 6 heteroatoms. The number of sulfonamides is 1. The van der Waals surface area contributed by atoms with Gasteiger partial charge >= 0.3 is 0 Å². The maximum atomic E-state index is 12.8. The van der Waals surface area contributed by atoms with Gasteiger partial charge < -0.3 is 5.32 Å². The summed E-state index contributed by atoms with van der Waals surface area (Å²) in [5, 5.41) is 3.03. The van der Waals surface area contributed by atoms with E-state index in [0.29, 0.717) is 11.3 Å². The third-order valence-corrected chi connectivity index (χ3v) is 7.39. The predicted molar refractivity (Wildman–Crippen MR) is 125 cm³/mol. The summed E-state index contributed by atoms with van der Waals surface area (Å²) in [4.78, 5) is 13.0. The summed E-state index contributed by atoms with van der Waals surface area (Å²) < 4.78 is 26.8.